The molecule has 2 heterocycles. The Morgan fingerprint density at radius 3 is 2.61 bits per heavy atom. The highest BCUT2D eigenvalue weighted by atomic mass is 32.1. The van der Waals surface area contributed by atoms with Gasteiger partial charge in [-0.2, -0.15) is 0 Å². The molecule has 1 atom stereocenters. The van der Waals surface area contributed by atoms with Gasteiger partial charge in [0.25, 0.3) is 0 Å². The first-order valence-corrected chi connectivity index (χ1v) is 13.0. The van der Waals surface area contributed by atoms with E-state index in [-0.39, 0.29) is 30.6 Å². The highest BCUT2D eigenvalue weighted by Gasteiger charge is 2.34. The number of fused-ring (bicyclic) bond motifs is 1. The number of anilines is 1. The number of rotatable bonds is 8. The summed E-state index contributed by atoms with van der Waals surface area (Å²) in [6.45, 7) is 6.72. The van der Waals surface area contributed by atoms with Gasteiger partial charge in [-0.15, -0.1) is 11.3 Å². The molecule has 1 N–H and O–H groups in total. The molecule has 1 aromatic heterocycles. The number of benzene rings is 2. The number of methoxy groups -OCH3 is 1. The molecule has 0 radical (unpaired) electrons. The molecule has 190 valence electrons. The summed E-state index contributed by atoms with van der Waals surface area (Å²) in [6, 6.07) is 16.5. The Labute approximate surface area is 216 Å². The van der Waals surface area contributed by atoms with Crippen LogP contribution in [-0.4, -0.2) is 54.6 Å². The van der Waals surface area contributed by atoms with Crippen LogP contribution in [0.3, 0.4) is 0 Å². The van der Waals surface area contributed by atoms with Crippen molar-refractivity contribution in [2.75, 3.05) is 32.1 Å². The van der Waals surface area contributed by atoms with Crippen molar-refractivity contribution in [1.29, 1.82) is 0 Å². The number of ether oxygens (including phenoxy) is 2. The van der Waals surface area contributed by atoms with E-state index in [0.717, 1.165) is 17.5 Å². The number of nitrogens with zero attached hydrogens (tertiary/aromatic N) is 2. The molecule has 0 aliphatic carbocycles. The lowest BCUT2D eigenvalue weighted by Gasteiger charge is -2.37. The maximum atomic E-state index is 13.6. The van der Waals surface area contributed by atoms with Crippen molar-refractivity contribution in [2.45, 2.75) is 39.3 Å². The smallest absolute Gasteiger partial charge is 0.322 e. The predicted octanol–water partition coefficient (Wildman–Crippen LogP) is 5.51. The Hall–Kier alpha value is -3.52. The monoisotopic (exact) mass is 507 g/mol. The second kappa shape index (κ2) is 11.5. The normalized spacial score (nSPS) is 14.8. The molecule has 1 unspecified atom stereocenters. The van der Waals surface area contributed by atoms with Gasteiger partial charge < -0.3 is 24.6 Å². The van der Waals surface area contributed by atoms with E-state index in [9.17, 15) is 9.59 Å². The zero-order chi connectivity index (χ0) is 25.7. The minimum absolute atomic E-state index is 0.00943. The van der Waals surface area contributed by atoms with Crippen molar-refractivity contribution < 1.29 is 19.1 Å². The highest BCUT2D eigenvalue weighted by Crippen LogP contribution is 2.34. The molecule has 0 spiro atoms. The molecule has 0 saturated heterocycles. The molecule has 3 amide bonds. The van der Waals surface area contributed by atoms with E-state index in [1.165, 1.54) is 4.88 Å². The first-order chi connectivity index (χ1) is 17.4. The summed E-state index contributed by atoms with van der Waals surface area (Å²) in [4.78, 5) is 31.4. The Bertz CT molecular complexity index is 1190. The van der Waals surface area contributed by atoms with E-state index in [0.29, 0.717) is 30.3 Å². The summed E-state index contributed by atoms with van der Waals surface area (Å²) in [7, 11) is 1.62. The molecule has 36 heavy (non-hydrogen) atoms. The molecule has 1 aliphatic heterocycles. The first kappa shape index (κ1) is 25.6. The molecular formula is C28H33N3O4S. The number of nitrogens with one attached hydrogen (secondary N) is 1. The van der Waals surface area contributed by atoms with Gasteiger partial charge in [-0.3, -0.25) is 4.79 Å². The average molecular weight is 508 g/mol. The third-order valence-electron chi connectivity index (χ3n) is 6.36. The molecule has 0 bridgehead atoms. The molecule has 3 aromatic rings. The van der Waals surface area contributed by atoms with Crippen LogP contribution in [0.5, 0.6) is 11.5 Å². The van der Waals surface area contributed by atoms with Crippen LogP contribution in [0.15, 0.2) is 60.0 Å². The zero-order valence-electron chi connectivity index (χ0n) is 21.2. The Balaban J connectivity index is 1.48. The Kier molecular flexibility index (Phi) is 8.15. The first-order valence-electron chi connectivity index (χ1n) is 12.1. The van der Waals surface area contributed by atoms with Gasteiger partial charge in [-0.05, 0) is 68.5 Å². The second-order valence-electron chi connectivity index (χ2n) is 9.16. The van der Waals surface area contributed by atoms with Crippen molar-refractivity contribution >= 4 is 29.0 Å². The SMILES string of the molecule is COc1cccc(OCC2c3ccsc3CCN2C(=O)CN(C(=O)Nc2ccc(C)cc2)C(C)C)c1. The summed E-state index contributed by atoms with van der Waals surface area (Å²) >= 11 is 1.71. The van der Waals surface area contributed by atoms with E-state index in [1.807, 2.05) is 74.2 Å². The third kappa shape index (κ3) is 5.99. The molecule has 8 heteroatoms. The second-order valence-corrected chi connectivity index (χ2v) is 10.2. The number of carbonyl (C=O) groups is 2. The van der Waals surface area contributed by atoms with Crippen LogP contribution in [-0.2, 0) is 11.2 Å². The molecule has 0 saturated carbocycles. The van der Waals surface area contributed by atoms with Crippen LogP contribution in [0.2, 0.25) is 0 Å². The van der Waals surface area contributed by atoms with Crippen molar-refractivity contribution in [3.8, 4) is 11.5 Å². The van der Waals surface area contributed by atoms with Gasteiger partial charge in [0.1, 0.15) is 24.7 Å². The zero-order valence-corrected chi connectivity index (χ0v) is 22.0. The van der Waals surface area contributed by atoms with E-state index in [1.54, 1.807) is 23.3 Å². The lowest BCUT2D eigenvalue weighted by Crippen LogP contribution is -2.50. The quantitative estimate of drug-likeness (QED) is 0.436. The van der Waals surface area contributed by atoms with Crippen molar-refractivity contribution in [2.24, 2.45) is 0 Å². The third-order valence-corrected chi connectivity index (χ3v) is 7.35. The van der Waals surface area contributed by atoms with Gasteiger partial charge in [-0.25, -0.2) is 4.79 Å². The van der Waals surface area contributed by atoms with Crippen LogP contribution in [0.1, 0.15) is 35.9 Å². The van der Waals surface area contributed by atoms with Crippen LogP contribution < -0.4 is 14.8 Å². The number of aryl methyl sites for hydroxylation is 1. The fourth-order valence-corrected chi connectivity index (χ4v) is 5.23. The molecule has 7 nitrogen and oxygen atoms in total. The number of urea groups is 1. The van der Waals surface area contributed by atoms with Crippen LogP contribution in [0, 0.1) is 6.92 Å². The van der Waals surface area contributed by atoms with Crippen molar-refractivity contribution in [3.05, 3.63) is 76.0 Å². The van der Waals surface area contributed by atoms with Crippen molar-refractivity contribution in [1.82, 2.24) is 9.80 Å². The molecule has 0 fully saturated rings. The summed E-state index contributed by atoms with van der Waals surface area (Å²) in [5.41, 5.74) is 2.93. The van der Waals surface area contributed by atoms with Gasteiger partial charge >= 0.3 is 6.03 Å². The van der Waals surface area contributed by atoms with E-state index >= 15 is 0 Å². The highest BCUT2D eigenvalue weighted by molar-refractivity contribution is 7.10. The van der Waals surface area contributed by atoms with Gasteiger partial charge in [0, 0.05) is 29.2 Å². The molecule has 2 aromatic carbocycles. The summed E-state index contributed by atoms with van der Waals surface area (Å²) < 4.78 is 11.4. The minimum atomic E-state index is -0.292. The van der Waals surface area contributed by atoms with Crippen LogP contribution in [0.25, 0.3) is 0 Å². The topological polar surface area (TPSA) is 71.1 Å². The Morgan fingerprint density at radius 1 is 1.14 bits per heavy atom. The van der Waals surface area contributed by atoms with Gasteiger partial charge in [-0.1, -0.05) is 23.8 Å². The van der Waals surface area contributed by atoms with Gasteiger partial charge in [0.15, 0.2) is 0 Å². The minimum Gasteiger partial charge on any atom is -0.497 e. The fourth-order valence-electron chi connectivity index (χ4n) is 4.30. The van der Waals surface area contributed by atoms with Gasteiger partial charge in [0.05, 0.1) is 13.2 Å². The van der Waals surface area contributed by atoms with E-state index in [4.69, 9.17) is 9.47 Å². The van der Waals surface area contributed by atoms with Crippen LogP contribution >= 0.6 is 11.3 Å². The summed E-state index contributed by atoms with van der Waals surface area (Å²) in [6.07, 6.45) is 0.797. The summed E-state index contributed by atoms with van der Waals surface area (Å²) in [5.74, 6) is 1.30. The molecule has 4 rings (SSSR count). The summed E-state index contributed by atoms with van der Waals surface area (Å²) in [5, 5.41) is 4.98. The standard InChI is InChI=1S/C28H33N3O4S/c1-19(2)31(28(33)29-21-10-8-20(3)9-11-21)17-27(32)30-14-12-26-24(13-15-36-26)25(30)18-35-23-7-5-6-22(16-23)34-4/h5-11,13,15-16,19,25H,12,14,17-18H2,1-4H3,(H,29,33). The van der Waals surface area contributed by atoms with Crippen molar-refractivity contribution in [3.63, 3.8) is 0 Å². The van der Waals surface area contributed by atoms with Gasteiger partial charge in [0.2, 0.25) is 5.91 Å². The maximum absolute atomic E-state index is 13.6. The van der Waals surface area contributed by atoms with E-state index < -0.39 is 0 Å². The maximum Gasteiger partial charge on any atom is 0.322 e. The number of hydrogen-bond acceptors (Lipinski definition) is 5. The number of thiophene rings is 1. The lowest BCUT2D eigenvalue weighted by molar-refractivity contribution is -0.135. The number of amides is 3. The molecular weight excluding hydrogens is 474 g/mol. The number of hydrogen-bond donors (Lipinski definition) is 1. The predicted molar refractivity (Wildman–Crippen MR) is 143 cm³/mol. The van der Waals surface area contributed by atoms with E-state index in [2.05, 4.69) is 16.8 Å². The lowest BCUT2D eigenvalue weighted by atomic mass is 10.0. The Morgan fingerprint density at radius 2 is 1.89 bits per heavy atom. The van der Waals surface area contributed by atoms with Crippen LogP contribution in [0.4, 0.5) is 10.5 Å². The molecule has 1 aliphatic rings. The average Bonchev–Trinajstić information content (AvgIpc) is 3.36. The number of carbonyl (C=O) groups excluding carboxylic acids is 2. The largest absolute Gasteiger partial charge is 0.497 e. The fraction of sp³-hybridized carbons (Fsp3) is 0.357.